The molecule has 2 aromatic heterocycles. The summed E-state index contributed by atoms with van der Waals surface area (Å²) in [6, 6.07) is 12.1. The monoisotopic (exact) mass is 328 g/mol. The maximum absolute atomic E-state index is 15.0. The highest BCUT2D eigenvalue weighted by atomic mass is 32.1. The van der Waals surface area contributed by atoms with Crippen LogP contribution < -0.4 is 9.13 Å². The highest BCUT2D eigenvalue weighted by Gasteiger charge is 2.24. The summed E-state index contributed by atoms with van der Waals surface area (Å²) in [5.41, 5.74) is 3.17. The molecule has 23 heavy (non-hydrogen) atoms. The highest BCUT2D eigenvalue weighted by molar-refractivity contribution is 7.19. The second-order valence-corrected chi connectivity index (χ2v) is 6.56. The summed E-state index contributed by atoms with van der Waals surface area (Å²) < 4.78 is 20.2. The maximum Gasteiger partial charge on any atom is 0.299 e. The van der Waals surface area contributed by atoms with Crippen molar-refractivity contribution in [1.29, 1.82) is 0 Å². The Balaban J connectivity index is 2.13. The molecule has 0 N–H and O–H groups in total. The molecule has 1 aromatic carbocycles. The minimum atomic E-state index is -0.181. The molecule has 3 rings (SSSR count). The number of rotatable bonds is 4. The molecule has 0 saturated carbocycles. The van der Waals surface area contributed by atoms with E-state index < -0.39 is 0 Å². The molecule has 0 aliphatic carbocycles. The lowest BCUT2D eigenvalue weighted by Gasteiger charge is -1.97. The van der Waals surface area contributed by atoms with Gasteiger partial charge < -0.3 is 0 Å². The van der Waals surface area contributed by atoms with Crippen LogP contribution in [0.4, 0.5) is 4.39 Å². The van der Waals surface area contributed by atoms with Crippen molar-refractivity contribution in [3.05, 3.63) is 58.9 Å². The van der Waals surface area contributed by atoms with Crippen molar-refractivity contribution >= 4 is 33.5 Å². The van der Waals surface area contributed by atoms with Crippen molar-refractivity contribution < 1.29 is 13.5 Å². The van der Waals surface area contributed by atoms with Gasteiger partial charge >= 0.3 is 0 Å². The van der Waals surface area contributed by atoms with E-state index in [1.165, 1.54) is 16.9 Å². The average Bonchev–Trinajstić information content (AvgIpc) is 2.93. The van der Waals surface area contributed by atoms with Gasteiger partial charge in [0.25, 0.3) is 5.01 Å². The van der Waals surface area contributed by atoms with Gasteiger partial charge in [0, 0.05) is 18.2 Å². The fraction of sp³-hybridized carbons (Fsp3) is 0.263. The molecule has 0 radical (unpaired) electrons. The third-order valence-electron chi connectivity index (χ3n) is 3.97. The summed E-state index contributed by atoms with van der Waals surface area (Å²) in [5, 5.41) is 0.680. The SMILES string of the molecule is CC[n+]1ccccc1C=C(F)c1sc2cc(C)ccc2[n+]1CC. The predicted octanol–water partition coefficient (Wildman–Crippen LogP) is 4.29. The van der Waals surface area contributed by atoms with Gasteiger partial charge in [0.1, 0.15) is 17.8 Å². The second kappa shape index (κ2) is 6.59. The predicted molar refractivity (Wildman–Crippen MR) is 93.7 cm³/mol. The average molecular weight is 328 g/mol. The van der Waals surface area contributed by atoms with Gasteiger partial charge in [-0.2, -0.15) is 13.5 Å². The van der Waals surface area contributed by atoms with Gasteiger partial charge in [0.2, 0.25) is 17.0 Å². The van der Waals surface area contributed by atoms with Crippen LogP contribution in [0.1, 0.15) is 30.1 Å². The van der Waals surface area contributed by atoms with Gasteiger partial charge in [-0.15, -0.1) is 0 Å². The summed E-state index contributed by atoms with van der Waals surface area (Å²) in [6.45, 7) is 7.75. The number of halogens is 1. The number of fused-ring (bicyclic) bond motifs is 1. The Kier molecular flexibility index (Phi) is 4.53. The van der Waals surface area contributed by atoms with E-state index in [1.807, 2.05) is 33.5 Å². The quantitative estimate of drug-likeness (QED) is 0.631. The molecule has 3 aromatic rings. The van der Waals surface area contributed by atoms with E-state index in [0.29, 0.717) is 5.01 Å². The van der Waals surface area contributed by atoms with Gasteiger partial charge in [0.15, 0.2) is 6.20 Å². The molecule has 0 unspecified atom stereocenters. The second-order valence-electron chi connectivity index (χ2n) is 5.53. The van der Waals surface area contributed by atoms with E-state index in [0.717, 1.165) is 29.0 Å². The maximum atomic E-state index is 15.0. The molecule has 0 aliphatic rings. The third-order valence-corrected chi connectivity index (χ3v) is 5.13. The fourth-order valence-electron chi connectivity index (χ4n) is 2.79. The highest BCUT2D eigenvalue weighted by Crippen LogP contribution is 2.28. The summed E-state index contributed by atoms with van der Waals surface area (Å²) in [6.07, 6.45) is 3.61. The molecular weight excluding hydrogens is 307 g/mol. The number of thiazole rings is 1. The van der Waals surface area contributed by atoms with E-state index in [4.69, 9.17) is 0 Å². The Morgan fingerprint density at radius 1 is 1.17 bits per heavy atom. The summed E-state index contributed by atoms with van der Waals surface area (Å²) in [7, 11) is 0. The number of pyridine rings is 1. The molecule has 0 fully saturated rings. The van der Waals surface area contributed by atoms with Crippen molar-refractivity contribution in [1.82, 2.24) is 0 Å². The minimum absolute atomic E-state index is 0.181. The first-order valence-electron chi connectivity index (χ1n) is 7.93. The van der Waals surface area contributed by atoms with Gasteiger partial charge in [0.05, 0.1) is 6.08 Å². The zero-order valence-electron chi connectivity index (χ0n) is 13.7. The van der Waals surface area contributed by atoms with E-state index in [2.05, 4.69) is 39.0 Å². The van der Waals surface area contributed by atoms with Crippen LogP contribution in [0.5, 0.6) is 0 Å². The van der Waals surface area contributed by atoms with Gasteiger partial charge in [-0.1, -0.05) is 17.4 Å². The van der Waals surface area contributed by atoms with Crippen LogP contribution in [0, 0.1) is 6.92 Å². The van der Waals surface area contributed by atoms with Crippen LogP contribution in [0.3, 0.4) is 0 Å². The molecular formula is C19H21FN2S+2. The van der Waals surface area contributed by atoms with Crippen molar-refractivity contribution in [2.45, 2.75) is 33.9 Å². The molecule has 0 bridgehead atoms. The molecule has 0 amide bonds. The number of aryl methyl sites for hydroxylation is 3. The van der Waals surface area contributed by atoms with Crippen LogP contribution in [0.2, 0.25) is 0 Å². The Morgan fingerprint density at radius 3 is 2.74 bits per heavy atom. The van der Waals surface area contributed by atoms with E-state index in [1.54, 1.807) is 6.08 Å². The number of nitrogens with zero attached hydrogens (tertiary/aromatic N) is 2. The summed E-state index contributed by atoms with van der Waals surface area (Å²) in [5.74, 6) is -0.181. The Labute approximate surface area is 140 Å². The van der Waals surface area contributed by atoms with Crippen LogP contribution >= 0.6 is 11.3 Å². The van der Waals surface area contributed by atoms with Crippen molar-refractivity contribution in [2.75, 3.05) is 0 Å². The summed E-state index contributed by atoms with van der Waals surface area (Å²) >= 11 is 1.51. The number of benzene rings is 1. The number of hydrogen-bond donors (Lipinski definition) is 0. The van der Waals surface area contributed by atoms with Crippen LogP contribution in [0.25, 0.3) is 22.1 Å². The van der Waals surface area contributed by atoms with E-state index in [9.17, 15) is 4.39 Å². The van der Waals surface area contributed by atoms with Gasteiger partial charge in [-0.05, 0) is 38.5 Å². The largest absolute Gasteiger partial charge is 0.299 e. The topological polar surface area (TPSA) is 7.76 Å². The van der Waals surface area contributed by atoms with Gasteiger partial charge in [-0.25, -0.2) is 0 Å². The molecule has 0 saturated heterocycles. The molecule has 0 atom stereocenters. The zero-order chi connectivity index (χ0) is 16.4. The molecule has 0 aliphatic heterocycles. The van der Waals surface area contributed by atoms with Crippen molar-refractivity contribution in [3.63, 3.8) is 0 Å². The molecule has 2 heterocycles. The van der Waals surface area contributed by atoms with Crippen LogP contribution in [-0.2, 0) is 13.1 Å². The van der Waals surface area contributed by atoms with Crippen molar-refractivity contribution in [3.8, 4) is 0 Å². The molecule has 0 spiro atoms. The standard InChI is InChI=1S/C19H21FN2S/c1-4-21-11-7-6-8-15(21)13-16(20)19-22(5-2)17-10-9-14(3)12-18(17)23-19/h6-13H,4-5H2,1-3H3/q+2. The van der Waals surface area contributed by atoms with Gasteiger partial charge in [-0.3, -0.25) is 0 Å². The number of aromatic nitrogens is 2. The zero-order valence-corrected chi connectivity index (χ0v) is 14.5. The first-order valence-corrected chi connectivity index (χ1v) is 8.74. The van der Waals surface area contributed by atoms with Crippen LogP contribution in [-0.4, -0.2) is 0 Å². The van der Waals surface area contributed by atoms with E-state index >= 15 is 0 Å². The smallest absolute Gasteiger partial charge is 0.199 e. The first kappa shape index (κ1) is 15.8. The van der Waals surface area contributed by atoms with E-state index in [-0.39, 0.29) is 5.83 Å². The Bertz CT molecular complexity index is 880. The Morgan fingerprint density at radius 2 is 2.00 bits per heavy atom. The van der Waals surface area contributed by atoms with Crippen molar-refractivity contribution in [2.24, 2.45) is 0 Å². The molecule has 4 heteroatoms. The lowest BCUT2D eigenvalue weighted by atomic mass is 10.2. The third kappa shape index (κ3) is 3.04. The minimum Gasteiger partial charge on any atom is -0.199 e. The fourth-order valence-corrected chi connectivity index (χ4v) is 4.02. The van der Waals surface area contributed by atoms with Crippen LogP contribution in [0.15, 0.2) is 42.6 Å². The normalized spacial score (nSPS) is 12.1. The summed E-state index contributed by atoms with van der Waals surface area (Å²) in [4.78, 5) is 0. The molecule has 2 nitrogen and oxygen atoms in total. The lowest BCUT2D eigenvalue weighted by molar-refractivity contribution is -0.695. The molecule has 118 valence electrons. The Hall–Kier alpha value is -2.07. The first-order chi connectivity index (χ1) is 11.1. The lowest BCUT2D eigenvalue weighted by Crippen LogP contribution is -2.36. The number of hydrogen-bond acceptors (Lipinski definition) is 1.